The number of hydrogen-bond acceptors (Lipinski definition) is 5. The van der Waals surface area contributed by atoms with E-state index in [-0.39, 0.29) is 18.4 Å². The summed E-state index contributed by atoms with van der Waals surface area (Å²) in [5.74, 6) is -0.0440. The summed E-state index contributed by atoms with van der Waals surface area (Å²) < 4.78 is 4.40. The molecule has 1 N–H and O–H groups in total. The molecule has 5 heteroatoms. The van der Waals surface area contributed by atoms with Crippen molar-refractivity contribution >= 4 is 11.8 Å². The van der Waals surface area contributed by atoms with Crippen LogP contribution in [0.2, 0.25) is 0 Å². The molecule has 0 aromatic carbocycles. The molecule has 0 saturated carbocycles. The van der Waals surface area contributed by atoms with E-state index >= 15 is 0 Å². The lowest BCUT2D eigenvalue weighted by Crippen LogP contribution is -1.95. The largest absolute Gasteiger partial charge is 0.466 e. The molecule has 16 heavy (non-hydrogen) atoms. The molecule has 0 fully saturated rings. The van der Waals surface area contributed by atoms with Crippen molar-refractivity contribution in [3.63, 3.8) is 0 Å². The van der Waals surface area contributed by atoms with Gasteiger partial charge in [0.25, 0.3) is 0 Å². The Hall–Kier alpha value is -1.41. The zero-order valence-electron chi connectivity index (χ0n) is 11.0. The van der Waals surface area contributed by atoms with Crippen molar-refractivity contribution in [2.45, 2.75) is 41.5 Å². The summed E-state index contributed by atoms with van der Waals surface area (Å²) in [6.45, 7) is 10.1. The van der Waals surface area contributed by atoms with Crippen LogP contribution in [0.25, 0.3) is 0 Å². The molecule has 0 unspecified atom stereocenters. The van der Waals surface area contributed by atoms with Crippen molar-refractivity contribution in [1.82, 2.24) is 0 Å². The number of Topliss-reactive ketones (excluding diaryl/α,β-unsaturated/α-hetero) is 1. The first-order valence-electron chi connectivity index (χ1n) is 4.86. The van der Waals surface area contributed by atoms with Gasteiger partial charge in [0.2, 0.25) is 0 Å². The van der Waals surface area contributed by atoms with Crippen LogP contribution in [0.4, 0.5) is 0 Å². The van der Waals surface area contributed by atoms with E-state index in [1.165, 1.54) is 27.7 Å². The molecule has 5 nitrogen and oxygen atoms in total. The van der Waals surface area contributed by atoms with E-state index in [4.69, 9.17) is 10.4 Å². The topological polar surface area (TPSA) is 87.4 Å². The Morgan fingerprint density at radius 3 is 1.44 bits per heavy atom. The highest BCUT2D eigenvalue weighted by atomic mass is 16.5. The van der Waals surface area contributed by atoms with Gasteiger partial charge in [-0.15, -0.1) is 0 Å². The second kappa shape index (κ2) is 29.2. The monoisotopic (exact) mass is 233 g/mol. The zero-order valence-corrected chi connectivity index (χ0v) is 11.0. The standard InChI is InChI=1S/C4H8O2.C3H6O.C2H3N.C2H6O/c1-3-6-4(2)5;1-3(2)4;2*1-2-3/h3H2,1-2H3;1-2H3;1H3;3H,2H2,1H3. The van der Waals surface area contributed by atoms with Crippen LogP contribution in [0, 0.1) is 11.3 Å². The molecule has 0 aromatic heterocycles. The highest BCUT2D eigenvalue weighted by Gasteiger charge is 1.81. The summed E-state index contributed by atoms with van der Waals surface area (Å²) in [5, 5.41) is 14.9. The molecule has 0 aliphatic rings. The highest BCUT2D eigenvalue weighted by molar-refractivity contribution is 5.72. The van der Waals surface area contributed by atoms with Crippen molar-refractivity contribution in [3.8, 4) is 6.07 Å². The van der Waals surface area contributed by atoms with Gasteiger partial charge < -0.3 is 14.6 Å². The van der Waals surface area contributed by atoms with Gasteiger partial charge in [0.05, 0.1) is 12.7 Å². The Labute approximate surface area is 98.0 Å². The smallest absolute Gasteiger partial charge is 0.302 e. The molecule has 0 saturated heterocycles. The fourth-order valence-electron chi connectivity index (χ4n) is 0.203. The van der Waals surface area contributed by atoms with Crippen molar-refractivity contribution in [2.24, 2.45) is 0 Å². The van der Waals surface area contributed by atoms with Crippen LogP contribution in [-0.2, 0) is 14.3 Å². The van der Waals surface area contributed by atoms with Crippen LogP contribution < -0.4 is 0 Å². The number of ether oxygens (including phenoxy) is 1. The number of nitrogens with zero attached hydrogens (tertiary/aromatic N) is 1. The minimum Gasteiger partial charge on any atom is -0.466 e. The molecule has 0 spiro atoms. The SMILES string of the molecule is CC#N.CC(C)=O.CCO.CCOC(C)=O. The van der Waals surface area contributed by atoms with Gasteiger partial charge >= 0.3 is 5.97 Å². The molecule has 0 rings (SSSR count). The molecule has 0 aliphatic carbocycles. The Bertz CT molecular complexity index is 181. The number of hydrogen-bond donors (Lipinski definition) is 1. The Balaban J connectivity index is -0.0000000635. The number of esters is 1. The predicted octanol–water partition coefficient (Wildman–Crippen LogP) is 1.69. The predicted molar refractivity (Wildman–Crippen MR) is 62.7 cm³/mol. The van der Waals surface area contributed by atoms with Gasteiger partial charge in [-0.2, -0.15) is 5.26 Å². The summed E-state index contributed by atoms with van der Waals surface area (Å²) >= 11 is 0. The zero-order chi connectivity index (χ0) is 14.0. The van der Waals surface area contributed by atoms with Crippen LogP contribution in [0.3, 0.4) is 0 Å². The van der Waals surface area contributed by atoms with E-state index < -0.39 is 0 Å². The average Bonchev–Trinajstić information content (AvgIpc) is 2.04. The lowest BCUT2D eigenvalue weighted by Gasteiger charge is -1.89. The van der Waals surface area contributed by atoms with Crippen molar-refractivity contribution in [3.05, 3.63) is 0 Å². The van der Waals surface area contributed by atoms with Crippen LogP contribution in [-0.4, -0.2) is 30.1 Å². The lowest BCUT2D eigenvalue weighted by atomic mass is 10.6. The van der Waals surface area contributed by atoms with E-state index in [9.17, 15) is 9.59 Å². The molecule has 0 aliphatic heterocycles. The Morgan fingerprint density at radius 2 is 1.44 bits per heavy atom. The van der Waals surface area contributed by atoms with Gasteiger partial charge in [0.15, 0.2) is 0 Å². The number of carbonyl (C=O) groups is 2. The van der Waals surface area contributed by atoms with E-state index in [2.05, 4.69) is 4.74 Å². The Kier molecular flexibility index (Phi) is 43.8. The molecule has 96 valence electrons. The molecular weight excluding hydrogens is 210 g/mol. The van der Waals surface area contributed by atoms with E-state index in [1.54, 1.807) is 19.9 Å². The number of rotatable bonds is 1. The van der Waals surface area contributed by atoms with E-state index in [0.29, 0.717) is 6.61 Å². The second-order valence-corrected chi connectivity index (χ2v) is 2.37. The number of ketones is 1. The van der Waals surface area contributed by atoms with Crippen LogP contribution >= 0.6 is 0 Å². The maximum atomic E-state index is 9.82. The van der Waals surface area contributed by atoms with Crippen LogP contribution in [0.1, 0.15) is 41.5 Å². The first kappa shape index (κ1) is 24.0. The summed E-state index contributed by atoms with van der Waals surface area (Å²) in [6.07, 6.45) is 0. The molecule has 0 amide bonds. The van der Waals surface area contributed by atoms with Gasteiger partial charge in [-0.25, -0.2) is 0 Å². The molecule has 0 aromatic rings. The van der Waals surface area contributed by atoms with Crippen molar-refractivity contribution < 1.29 is 19.4 Å². The maximum Gasteiger partial charge on any atom is 0.302 e. The minimum absolute atomic E-state index is 0.167. The van der Waals surface area contributed by atoms with Gasteiger partial charge in [-0.3, -0.25) is 4.79 Å². The Morgan fingerprint density at radius 1 is 1.25 bits per heavy atom. The molecule has 0 radical (unpaired) electrons. The number of carbonyl (C=O) groups excluding carboxylic acids is 2. The average molecular weight is 233 g/mol. The van der Waals surface area contributed by atoms with Gasteiger partial charge in [0, 0.05) is 20.5 Å². The summed E-state index contributed by atoms with van der Waals surface area (Å²) in [5.41, 5.74) is 0. The second-order valence-electron chi connectivity index (χ2n) is 2.37. The quantitative estimate of drug-likeness (QED) is 0.696. The third-order valence-corrected chi connectivity index (χ3v) is 0.348. The highest BCUT2D eigenvalue weighted by Crippen LogP contribution is 1.69. The fraction of sp³-hybridized carbons (Fsp3) is 0.727. The van der Waals surface area contributed by atoms with Gasteiger partial charge in [0.1, 0.15) is 5.78 Å². The lowest BCUT2D eigenvalue weighted by molar-refractivity contribution is -0.140. The van der Waals surface area contributed by atoms with E-state index in [0.717, 1.165) is 0 Å². The summed E-state index contributed by atoms with van der Waals surface area (Å²) in [7, 11) is 0. The van der Waals surface area contributed by atoms with Gasteiger partial charge in [-0.05, 0) is 27.7 Å². The molecule has 0 atom stereocenters. The fourth-order valence-corrected chi connectivity index (χ4v) is 0.203. The number of nitriles is 1. The third-order valence-electron chi connectivity index (χ3n) is 0.348. The molecule has 0 bridgehead atoms. The summed E-state index contributed by atoms with van der Waals surface area (Å²) in [4.78, 5) is 19.3. The molecular formula is C11H23NO4. The van der Waals surface area contributed by atoms with Crippen LogP contribution in [0.15, 0.2) is 0 Å². The van der Waals surface area contributed by atoms with Gasteiger partial charge in [-0.1, -0.05) is 0 Å². The third kappa shape index (κ3) is 669. The number of aliphatic hydroxyl groups is 1. The minimum atomic E-state index is -0.211. The first-order chi connectivity index (χ1) is 7.33. The number of aliphatic hydroxyl groups excluding tert-OH is 1. The van der Waals surface area contributed by atoms with Crippen molar-refractivity contribution in [2.75, 3.05) is 13.2 Å². The van der Waals surface area contributed by atoms with Crippen LogP contribution in [0.5, 0.6) is 0 Å². The summed E-state index contributed by atoms with van der Waals surface area (Å²) in [6, 6.07) is 1.75. The van der Waals surface area contributed by atoms with E-state index in [1.807, 2.05) is 0 Å². The maximum absolute atomic E-state index is 9.82. The normalized spacial score (nSPS) is 6.12. The molecule has 0 heterocycles. The van der Waals surface area contributed by atoms with Crippen molar-refractivity contribution in [1.29, 1.82) is 5.26 Å². The first-order valence-corrected chi connectivity index (χ1v) is 4.86.